The van der Waals surface area contributed by atoms with Gasteiger partial charge in [-0.05, 0) is 38.1 Å². The number of pyridine rings is 1. The number of hydrogen-bond acceptors (Lipinski definition) is 2. The molecule has 0 fully saturated rings. The first kappa shape index (κ1) is 14.9. The lowest BCUT2D eigenvalue weighted by molar-refractivity contribution is 0.0964. The van der Waals surface area contributed by atoms with Gasteiger partial charge in [0.2, 0.25) is 0 Å². The fourth-order valence-corrected chi connectivity index (χ4v) is 1.84. The summed E-state index contributed by atoms with van der Waals surface area (Å²) < 4.78 is 14.9. The smallest absolute Gasteiger partial charge is 0.256 e. The van der Waals surface area contributed by atoms with Crippen LogP contribution in [-0.2, 0) is 0 Å². The van der Waals surface area contributed by atoms with Crippen molar-refractivity contribution in [2.24, 2.45) is 4.99 Å². The molecule has 2 rings (SSSR count). The van der Waals surface area contributed by atoms with Gasteiger partial charge in [-0.2, -0.15) is 0 Å². The molecule has 1 aromatic carbocycles. The Morgan fingerprint density at radius 3 is 2.62 bits per heavy atom. The van der Waals surface area contributed by atoms with Gasteiger partial charge in [-0.25, -0.2) is 4.39 Å². The number of allylic oxidation sites excluding steroid dienone is 1. The van der Waals surface area contributed by atoms with E-state index in [1.54, 1.807) is 36.5 Å². The highest BCUT2D eigenvalue weighted by Crippen LogP contribution is 2.08. The minimum absolute atomic E-state index is 0.0852. The van der Waals surface area contributed by atoms with E-state index in [1.807, 2.05) is 19.9 Å². The summed E-state index contributed by atoms with van der Waals surface area (Å²) >= 11 is 0. The number of carbonyl (C=O) groups is 1. The van der Waals surface area contributed by atoms with E-state index in [0.717, 1.165) is 0 Å². The number of hydrogen-bond donors (Lipinski definition) is 0. The molecule has 0 radical (unpaired) electrons. The Morgan fingerprint density at radius 2 is 1.90 bits per heavy atom. The van der Waals surface area contributed by atoms with E-state index in [2.05, 4.69) is 4.99 Å². The maximum absolute atomic E-state index is 13.5. The minimum Gasteiger partial charge on any atom is -0.269 e. The van der Waals surface area contributed by atoms with Gasteiger partial charge < -0.3 is 0 Å². The zero-order valence-electron chi connectivity index (χ0n) is 12.0. The Hall–Kier alpha value is -2.49. The van der Waals surface area contributed by atoms with Gasteiger partial charge >= 0.3 is 0 Å². The monoisotopic (exact) mass is 284 g/mol. The van der Waals surface area contributed by atoms with Gasteiger partial charge in [0.25, 0.3) is 5.91 Å². The summed E-state index contributed by atoms with van der Waals surface area (Å²) in [5, 5.41) is 0. The number of rotatable bonds is 3. The van der Waals surface area contributed by atoms with Crippen molar-refractivity contribution in [1.29, 1.82) is 0 Å². The molecule has 0 aliphatic rings. The topological polar surface area (TPSA) is 34.4 Å². The Balaban J connectivity index is 2.32. The molecule has 1 aromatic heterocycles. The third kappa shape index (κ3) is 3.99. The van der Waals surface area contributed by atoms with E-state index in [4.69, 9.17) is 0 Å². The molecule has 2 aromatic rings. The van der Waals surface area contributed by atoms with E-state index in [9.17, 15) is 9.18 Å². The van der Waals surface area contributed by atoms with Crippen LogP contribution in [0.2, 0.25) is 0 Å². The van der Waals surface area contributed by atoms with Crippen LogP contribution >= 0.6 is 0 Å². The van der Waals surface area contributed by atoms with Gasteiger partial charge in [0, 0.05) is 23.9 Å². The molecule has 0 atom stereocenters. The number of halogens is 1. The van der Waals surface area contributed by atoms with Crippen LogP contribution in [0.3, 0.4) is 0 Å². The standard InChI is InChI=1S/C17H17FN2O/c1-13(2)19-16-9-5-6-12-20(16)17(21)11-10-14-7-3-4-8-15(14)18/h3-13H,1-2H3/b11-10-,19-16?. The summed E-state index contributed by atoms with van der Waals surface area (Å²) in [6, 6.07) is 11.8. The lowest BCUT2D eigenvalue weighted by Gasteiger charge is -2.04. The molecule has 0 bridgehead atoms. The molecule has 0 aliphatic heterocycles. The molecule has 21 heavy (non-hydrogen) atoms. The lowest BCUT2D eigenvalue weighted by atomic mass is 10.2. The zero-order valence-corrected chi connectivity index (χ0v) is 12.0. The first-order valence-corrected chi connectivity index (χ1v) is 6.76. The minimum atomic E-state index is -0.355. The molecular weight excluding hydrogens is 267 g/mol. The molecule has 0 N–H and O–H groups in total. The zero-order chi connectivity index (χ0) is 15.2. The van der Waals surface area contributed by atoms with Crippen molar-refractivity contribution in [2.75, 3.05) is 0 Å². The maximum Gasteiger partial charge on any atom is 0.256 e. The van der Waals surface area contributed by atoms with E-state index in [0.29, 0.717) is 11.1 Å². The maximum atomic E-state index is 13.5. The van der Waals surface area contributed by atoms with Crippen molar-refractivity contribution in [1.82, 2.24) is 4.57 Å². The molecule has 0 unspecified atom stereocenters. The fraction of sp³-hybridized carbons (Fsp3) is 0.176. The van der Waals surface area contributed by atoms with Crippen molar-refractivity contribution in [3.05, 3.63) is 71.6 Å². The molecule has 0 aliphatic carbocycles. The first-order valence-electron chi connectivity index (χ1n) is 6.76. The molecule has 108 valence electrons. The summed E-state index contributed by atoms with van der Waals surface area (Å²) in [5.74, 6) is -0.620. The average molecular weight is 284 g/mol. The van der Waals surface area contributed by atoms with E-state index in [1.165, 1.54) is 22.8 Å². The SMILES string of the molecule is CC(C)N=c1ccccn1C(=O)/C=C\c1ccccc1F. The van der Waals surface area contributed by atoms with Crippen LogP contribution in [0.5, 0.6) is 0 Å². The highest BCUT2D eigenvalue weighted by Gasteiger charge is 2.02. The fourth-order valence-electron chi connectivity index (χ4n) is 1.84. The van der Waals surface area contributed by atoms with Crippen LogP contribution in [0, 0.1) is 5.82 Å². The van der Waals surface area contributed by atoms with Crippen molar-refractivity contribution in [2.45, 2.75) is 19.9 Å². The molecule has 0 spiro atoms. The molecule has 0 amide bonds. The van der Waals surface area contributed by atoms with Gasteiger partial charge in [-0.1, -0.05) is 24.3 Å². The van der Waals surface area contributed by atoms with Gasteiger partial charge in [0.15, 0.2) is 0 Å². The second-order valence-electron chi connectivity index (χ2n) is 4.84. The molecular formula is C17H17FN2O. The average Bonchev–Trinajstić information content (AvgIpc) is 2.46. The predicted octanol–water partition coefficient (Wildman–Crippen LogP) is 3.29. The van der Waals surface area contributed by atoms with Crippen LogP contribution in [0.4, 0.5) is 4.39 Å². The number of nitrogens with zero attached hydrogens (tertiary/aromatic N) is 2. The molecule has 0 saturated carbocycles. The van der Waals surface area contributed by atoms with Crippen LogP contribution in [0.25, 0.3) is 6.08 Å². The van der Waals surface area contributed by atoms with E-state index in [-0.39, 0.29) is 17.8 Å². The lowest BCUT2D eigenvalue weighted by Crippen LogP contribution is -2.26. The molecule has 0 saturated heterocycles. The summed E-state index contributed by atoms with van der Waals surface area (Å²) in [4.78, 5) is 16.6. The van der Waals surface area contributed by atoms with Crippen LogP contribution in [-0.4, -0.2) is 16.5 Å². The highest BCUT2D eigenvalue weighted by molar-refractivity contribution is 5.93. The van der Waals surface area contributed by atoms with Gasteiger partial charge in [0.1, 0.15) is 11.3 Å². The Morgan fingerprint density at radius 1 is 1.19 bits per heavy atom. The largest absolute Gasteiger partial charge is 0.269 e. The third-order valence-electron chi connectivity index (χ3n) is 2.78. The van der Waals surface area contributed by atoms with Crippen molar-refractivity contribution in [3.63, 3.8) is 0 Å². The summed E-state index contributed by atoms with van der Waals surface area (Å²) in [6.45, 7) is 3.88. The van der Waals surface area contributed by atoms with Crippen molar-refractivity contribution < 1.29 is 9.18 Å². The Kier molecular flexibility index (Phi) is 4.82. The van der Waals surface area contributed by atoms with Crippen molar-refractivity contribution in [3.8, 4) is 0 Å². The van der Waals surface area contributed by atoms with E-state index < -0.39 is 0 Å². The van der Waals surface area contributed by atoms with Crippen LogP contribution in [0.1, 0.15) is 24.2 Å². The third-order valence-corrected chi connectivity index (χ3v) is 2.78. The highest BCUT2D eigenvalue weighted by atomic mass is 19.1. The number of aromatic nitrogens is 1. The summed E-state index contributed by atoms with van der Waals surface area (Å²) in [5.41, 5.74) is 0.959. The quantitative estimate of drug-likeness (QED) is 0.796. The van der Waals surface area contributed by atoms with Crippen LogP contribution < -0.4 is 5.49 Å². The Bertz CT molecular complexity index is 729. The second kappa shape index (κ2) is 6.79. The molecule has 1 heterocycles. The first-order chi connectivity index (χ1) is 10.1. The molecule has 4 heteroatoms. The van der Waals surface area contributed by atoms with Crippen LogP contribution in [0.15, 0.2) is 59.7 Å². The number of benzene rings is 1. The van der Waals surface area contributed by atoms with E-state index >= 15 is 0 Å². The molecule has 3 nitrogen and oxygen atoms in total. The summed E-state index contributed by atoms with van der Waals surface area (Å²) in [7, 11) is 0. The Labute approximate surface area is 123 Å². The van der Waals surface area contributed by atoms with Crippen molar-refractivity contribution >= 4 is 12.0 Å². The normalized spacial score (nSPS) is 12.3. The van der Waals surface area contributed by atoms with Gasteiger partial charge in [-0.3, -0.25) is 14.4 Å². The second-order valence-corrected chi connectivity index (χ2v) is 4.84. The summed E-state index contributed by atoms with van der Waals surface area (Å²) in [6.07, 6.45) is 4.46. The van der Waals surface area contributed by atoms with Gasteiger partial charge in [-0.15, -0.1) is 0 Å². The van der Waals surface area contributed by atoms with Gasteiger partial charge in [0.05, 0.1) is 0 Å². The predicted molar refractivity (Wildman–Crippen MR) is 81.2 cm³/mol. The number of carbonyl (C=O) groups excluding carboxylic acids is 1.